The average Bonchev–Trinajstić information content (AvgIpc) is 2.69. The number of nitrogens with one attached hydrogen (secondary N) is 1. The fourth-order valence-electron chi connectivity index (χ4n) is 2.85. The third kappa shape index (κ3) is 5.03. The van der Waals surface area contributed by atoms with Gasteiger partial charge in [-0.2, -0.15) is 0 Å². The molecule has 0 saturated heterocycles. The predicted octanol–water partition coefficient (Wildman–Crippen LogP) is 3.43. The standard InChI is InChI=1S/C22H28N2O4/c1-14(2)20(22(26)24(4)17-9-7-8-15(3)10-17)23-21(25)16-11-18(27-5)13-19(12-16)28-6/h7-14,20H,1-6H3,(H,23,25). The van der Waals surface area contributed by atoms with E-state index in [1.165, 1.54) is 14.2 Å². The summed E-state index contributed by atoms with van der Waals surface area (Å²) < 4.78 is 10.4. The van der Waals surface area contributed by atoms with Crippen LogP contribution in [-0.4, -0.2) is 39.1 Å². The summed E-state index contributed by atoms with van der Waals surface area (Å²) >= 11 is 0. The summed E-state index contributed by atoms with van der Waals surface area (Å²) in [6, 6.07) is 11.9. The van der Waals surface area contributed by atoms with Gasteiger partial charge in [-0.3, -0.25) is 9.59 Å². The number of aryl methyl sites for hydroxylation is 1. The van der Waals surface area contributed by atoms with Crippen LogP contribution in [0.5, 0.6) is 11.5 Å². The zero-order chi connectivity index (χ0) is 20.8. The molecular formula is C22H28N2O4. The van der Waals surface area contributed by atoms with Crippen molar-refractivity contribution in [1.29, 1.82) is 0 Å². The van der Waals surface area contributed by atoms with E-state index in [2.05, 4.69) is 5.32 Å². The molecule has 0 heterocycles. The molecule has 0 aliphatic carbocycles. The molecule has 1 N–H and O–H groups in total. The van der Waals surface area contributed by atoms with E-state index in [0.29, 0.717) is 17.1 Å². The van der Waals surface area contributed by atoms with E-state index in [4.69, 9.17) is 9.47 Å². The molecule has 2 amide bonds. The normalized spacial score (nSPS) is 11.7. The Hall–Kier alpha value is -3.02. The molecule has 6 nitrogen and oxygen atoms in total. The summed E-state index contributed by atoms with van der Waals surface area (Å²) in [4.78, 5) is 27.5. The van der Waals surface area contributed by atoms with Gasteiger partial charge in [-0.05, 0) is 42.7 Å². The lowest BCUT2D eigenvalue weighted by atomic mass is 10.0. The minimum Gasteiger partial charge on any atom is -0.497 e. The summed E-state index contributed by atoms with van der Waals surface area (Å²) in [6.45, 7) is 5.78. The van der Waals surface area contributed by atoms with Gasteiger partial charge in [-0.25, -0.2) is 0 Å². The number of carbonyl (C=O) groups is 2. The number of nitrogens with zero attached hydrogens (tertiary/aromatic N) is 1. The summed E-state index contributed by atoms with van der Waals surface area (Å²) in [5.74, 6) is 0.393. The third-order valence-electron chi connectivity index (χ3n) is 4.55. The van der Waals surface area contributed by atoms with Gasteiger partial charge in [-0.1, -0.05) is 26.0 Å². The van der Waals surface area contributed by atoms with Crippen molar-refractivity contribution in [3.05, 3.63) is 53.6 Å². The van der Waals surface area contributed by atoms with Crippen molar-refractivity contribution in [2.75, 3.05) is 26.2 Å². The lowest BCUT2D eigenvalue weighted by Crippen LogP contribution is -2.50. The lowest BCUT2D eigenvalue weighted by Gasteiger charge is -2.27. The van der Waals surface area contributed by atoms with Crippen LogP contribution < -0.4 is 19.7 Å². The lowest BCUT2D eigenvalue weighted by molar-refractivity contribution is -0.121. The molecule has 0 bridgehead atoms. The highest BCUT2D eigenvalue weighted by atomic mass is 16.5. The van der Waals surface area contributed by atoms with E-state index in [-0.39, 0.29) is 17.7 Å². The van der Waals surface area contributed by atoms with Gasteiger partial charge < -0.3 is 19.7 Å². The van der Waals surface area contributed by atoms with Crippen molar-refractivity contribution < 1.29 is 19.1 Å². The van der Waals surface area contributed by atoms with Crippen molar-refractivity contribution >= 4 is 17.5 Å². The molecule has 0 aliphatic heterocycles. The number of rotatable bonds is 7. The van der Waals surface area contributed by atoms with Crippen molar-refractivity contribution in [3.8, 4) is 11.5 Å². The number of anilines is 1. The monoisotopic (exact) mass is 384 g/mol. The fourth-order valence-corrected chi connectivity index (χ4v) is 2.85. The Bertz CT molecular complexity index is 826. The van der Waals surface area contributed by atoms with E-state index in [1.807, 2.05) is 45.0 Å². The van der Waals surface area contributed by atoms with Crippen LogP contribution in [0, 0.1) is 12.8 Å². The van der Waals surface area contributed by atoms with E-state index < -0.39 is 6.04 Å². The smallest absolute Gasteiger partial charge is 0.252 e. The highest BCUT2D eigenvalue weighted by Crippen LogP contribution is 2.23. The van der Waals surface area contributed by atoms with Gasteiger partial charge in [0.05, 0.1) is 14.2 Å². The number of methoxy groups -OCH3 is 2. The number of likely N-dealkylation sites (N-methyl/N-ethyl adjacent to an activating group) is 1. The summed E-state index contributed by atoms with van der Waals surface area (Å²) in [7, 11) is 4.76. The predicted molar refractivity (Wildman–Crippen MR) is 110 cm³/mol. The van der Waals surface area contributed by atoms with Crippen LogP contribution >= 0.6 is 0 Å². The van der Waals surface area contributed by atoms with Crippen molar-refractivity contribution in [2.45, 2.75) is 26.8 Å². The summed E-state index contributed by atoms with van der Waals surface area (Å²) in [6.07, 6.45) is 0. The zero-order valence-corrected chi connectivity index (χ0v) is 17.3. The highest BCUT2D eigenvalue weighted by molar-refractivity contribution is 6.02. The summed E-state index contributed by atoms with van der Waals surface area (Å²) in [5.41, 5.74) is 2.21. The summed E-state index contributed by atoms with van der Waals surface area (Å²) in [5, 5.41) is 2.86. The molecule has 0 aromatic heterocycles. The first kappa shape index (κ1) is 21.3. The van der Waals surface area contributed by atoms with E-state index in [1.54, 1.807) is 30.1 Å². The number of carbonyl (C=O) groups excluding carboxylic acids is 2. The first-order valence-corrected chi connectivity index (χ1v) is 9.15. The number of hydrogen-bond donors (Lipinski definition) is 1. The molecule has 0 spiro atoms. The zero-order valence-electron chi connectivity index (χ0n) is 17.3. The van der Waals surface area contributed by atoms with Gasteiger partial charge >= 0.3 is 0 Å². The van der Waals surface area contributed by atoms with Crippen LogP contribution in [-0.2, 0) is 4.79 Å². The second-order valence-corrected chi connectivity index (χ2v) is 7.03. The number of hydrogen-bond acceptors (Lipinski definition) is 4. The molecule has 2 aromatic carbocycles. The molecule has 0 saturated carbocycles. The Balaban J connectivity index is 2.24. The fraction of sp³-hybridized carbons (Fsp3) is 0.364. The van der Waals surface area contributed by atoms with Gasteiger partial charge in [0.15, 0.2) is 0 Å². The van der Waals surface area contributed by atoms with Crippen LogP contribution in [0.2, 0.25) is 0 Å². The number of benzene rings is 2. The highest BCUT2D eigenvalue weighted by Gasteiger charge is 2.28. The maximum Gasteiger partial charge on any atom is 0.252 e. The van der Waals surface area contributed by atoms with E-state index in [9.17, 15) is 9.59 Å². The largest absolute Gasteiger partial charge is 0.497 e. The minimum atomic E-state index is -0.671. The maximum atomic E-state index is 13.1. The Morgan fingerprint density at radius 1 is 1.00 bits per heavy atom. The van der Waals surface area contributed by atoms with Gasteiger partial charge in [-0.15, -0.1) is 0 Å². The minimum absolute atomic E-state index is 0.0868. The number of ether oxygens (including phenoxy) is 2. The van der Waals surface area contributed by atoms with Crippen LogP contribution in [0.25, 0.3) is 0 Å². The molecular weight excluding hydrogens is 356 g/mol. The molecule has 1 unspecified atom stereocenters. The van der Waals surface area contributed by atoms with Crippen LogP contribution in [0.3, 0.4) is 0 Å². The molecule has 0 fully saturated rings. The molecule has 0 radical (unpaired) electrons. The van der Waals surface area contributed by atoms with Crippen LogP contribution in [0.4, 0.5) is 5.69 Å². The Morgan fingerprint density at radius 2 is 1.61 bits per heavy atom. The molecule has 28 heavy (non-hydrogen) atoms. The quantitative estimate of drug-likeness (QED) is 0.794. The second kappa shape index (κ2) is 9.26. The van der Waals surface area contributed by atoms with Crippen LogP contribution in [0.1, 0.15) is 29.8 Å². The maximum absolute atomic E-state index is 13.1. The van der Waals surface area contributed by atoms with Gasteiger partial charge in [0, 0.05) is 24.4 Å². The molecule has 150 valence electrons. The molecule has 0 aliphatic rings. The van der Waals surface area contributed by atoms with Gasteiger partial charge in [0.1, 0.15) is 17.5 Å². The first-order valence-electron chi connectivity index (χ1n) is 9.15. The molecule has 1 atom stereocenters. The Labute approximate surface area is 166 Å². The van der Waals surface area contributed by atoms with Crippen LogP contribution in [0.15, 0.2) is 42.5 Å². The first-order chi connectivity index (χ1) is 13.3. The molecule has 2 rings (SSSR count). The van der Waals surface area contributed by atoms with Gasteiger partial charge in [0.25, 0.3) is 5.91 Å². The topological polar surface area (TPSA) is 67.9 Å². The second-order valence-electron chi connectivity index (χ2n) is 7.03. The Kier molecular flexibility index (Phi) is 7.04. The molecule has 6 heteroatoms. The van der Waals surface area contributed by atoms with Crippen molar-refractivity contribution in [3.63, 3.8) is 0 Å². The molecule has 2 aromatic rings. The van der Waals surface area contributed by atoms with E-state index >= 15 is 0 Å². The SMILES string of the molecule is COc1cc(OC)cc(C(=O)NC(C(=O)N(C)c2cccc(C)c2)C(C)C)c1. The van der Waals surface area contributed by atoms with Crippen molar-refractivity contribution in [1.82, 2.24) is 5.32 Å². The van der Waals surface area contributed by atoms with E-state index in [0.717, 1.165) is 11.3 Å². The third-order valence-corrected chi connectivity index (χ3v) is 4.55. The number of amides is 2. The van der Waals surface area contributed by atoms with Gasteiger partial charge in [0.2, 0.25) is 5.91 Å². The average molecular weight is 384 g/mol. The van der Waals surface area contributed by atoms with Crippen molar-refractivity contribution in [2.24, 2.45) is 5.92 Å². The Morgan fingerprint density at radius 3 is 2.11 bits per heavy atom.